The summed E-state index contributed by atoms with van der Waals surface area (Å²) in [5.41, 5.74) is 1.97. The van der Waals surface area contributed by atoms with E-state index in [9.17, 15) is 4.79 Å². The van der Waals surface area contributed by atoms with Gasteiger partial charge in [-0.05, 0) is 62.5 Å². The molecule has 0 aromatic heterocycles. The van der Waals surface area contributed by atoms with Crippen molar-refractivity contribution in [2.45, 2.75) is 52.4 Å². The van der Waals surface area contributed by atoms with E-state index in [2.05, 4.69) is 18.7 Å². The largest absolute Gasteiger partial charge is 0.493 e. The van der Waals surface area contributed by atoms with Gasteiger partial charge in [0, 0.05) is 18.5 Å². The molecule has 1 aromatic rings. The number of hydrogen-bond acceptors (Lipinski definition) is 3. The van der Waals surface area contributed by atoms with Gasteiger partial charge in [-0.3, -0.25) is 4.79 Å². The third-order valence-electron chi connectivity index (χ3n) is 4.33. The lowest BCUT2D eigenvalue weighted by atomic mass is 10.0. The van der Waals surface area contributed by atoms with Gasteiger partial charge in [0.25, 0.3) is 0 Å². The molecule has 1 aliphatic heterocycles. The summed E-state index contributed by atoms with van der Waals surface area (Å²) in [5, 5.41) is 0. The summed E-state index contributed by atoms with van der Waals surface area (Å²) in [6, 6.07) is 5.90. The number of nitrogens with zero attached hydrogens (tertiary/aromatic N) is 1. The zero-order chi connectivity index (χ0) is 15.8. The van der Waals surface area contributed by atoms with Crippen LogP contribution in [0.1, 0.15) is 61.9 Å². The average molecular weight is 303 g/mol. The van der Waals surface area contributed by atoms with Crippen LogP contribution in [0.15, 0.2) is 18.2 Å². The van der Waals surface area contributed by atoms with Crippen LogP contribution >= 0.6 is 0 Å². The summed E-state index contributed by atoms with van der Waals surface area (Å²) in [6.07, 6.45) is 6.41. The van der Waals surface area contributed by atoms with Gasteiger partial charge < -0.3 is 9.64 Å². The molecule has 0 amide bonds. The first-order chi connectivity index (χ1) is 10.7. The van der Waals surface area contributed by atoms with Gasteiger partial charge in [0.2, 0.25) is 0 Å². The zero-order valence-electron chi connectivity index (χ0n) is 14.1. The summed E-state index contributed by atoms with van der Waals surface area (Å²) in [6.45, 7) is 8.14. The predicted molar refractivity (Wildman–Crippen MR) is 90.8 cm³/mol. The lowest BCUT2D eigenvalue weighted by molar-refractivity contribution is 0.0958. The van der Waals surface area contributed by atoms with Crippen molar-refractivity contribution < 1.29 is 9.53 Å². The number of carbonyl (C=O) groups is 1. The quantitative estimate of drug-likeness (QED) is 0.677. The molecule has 1 aliphatic rings. The monoisotopic (exact) mass is 303 g/mol. The normalized spacial score (nSPS) is 15.7. The summed E-state index contributed by atoms with van der Waals surface area (Å²) in [7, 11) is 0. The molecule has 3 heteroatoms. The van der Waals surface area contributed by atoms with Crippen LogP contribution in [-0.2, 0) is 6.42 Å². The Morgan fingerprint density at radius 2 is 1.95 bits per heavy atom. The summed E-state index contributed by atoms with van der Waals surface area (Å²) >= 11 is 0. The van der Waals surface area contributed by atoms with E-state index in [0.717, 1.165) is 56.0 Å². The molecule has 0 bridgehead atoms. The van der Waals surface area contributed by atoms with E-state index in [0.29, 0.717) is 6.42 Å². The molecule has 0 atom stereocenters. The van der Waals surface area contributed by atoms with Crippen molar-refractivity contribution in [2.75, 3.05) is 26.2 Å². The van der Waals surface area contributed by atoms with Crippen LogP contribution in [0.3, 0.4) is 0 Å². The van der Waals surface area contributed by atoms with E-state index >= 15 is 0 Å². The number of ketones is 1. The van der Waals surface area contributed by atoms with Crippen LogP contribution in [0.4, 0.5) is 0 Å². The van der Waals surface area contributed by atoms with Gasteiger partial charge in [0.15, 0.2) is 5.78 Å². The van der Waals surface area contributed by atoms with Gasteiger partial charge in [-0.25, -0.2) is 0 Å². The van der Waals surface area contributed by atoms with E-state index < -0.39 is 0 Å². The first-order valence-corrected chi connectivity index (χ1v) is 8.75. The fourth-order valence-corrected chi connectivity index (χ4v) is 2.97. The first kappa shape index (κ1) is 17.0. The second-order valence-electron chi connectivity index (χ2n) is 6.10. The van der Waals surface area contributed by atoms with E-state index in [4.69, 9.17) is 4.74 Å². The summed E-state index contributed by atoms with van der Waals surface area (Å²) in [5.74, 6) is 1.18. The Kier molecular flexibility index (Phi) is 6.91. The van der Waals surface area contributed by atoms with Crippen LogP contribution in [0.5, 0.6) is 5.75 Å². The highest BCUT2D eigenvalue weighted by Crippen LogP contribution is 2.22. The van der Waals surface area contributed by atoms with Crippen LogP contribution < -0.4 is 4.74 Å². The van der Waals surface area contributed by atoms with E-state index in [1.54, 1.807) is 0 Å². The molecule has 3 nitrogen and oxygen atoms in total. The molecule has 1 heterocycles. The van der Waals surface area contributed by atoms with E-state index in [-0.39, 0.29) is 5.78 Å². The highest BCUT2D eigenvalue weighted by molar-refractivity contribution is 5.96. The van der Waals surface area contributed by atoms with Crippen molar-refractivity contribution in [2.24, 2.45) is 0 Å². The third kappa shape index (κ3) is 4.84. The minimum atomic E-state index is 0.252. The minimum absolute atomic E-state index is 0.252. The number of benzene rings is 1. The maximum absolute atomic E-state index is 12.4. The van der Waals surface area contributed by atoms with Gasteiger partial charge >= 0.3 is 0 Å². The van der Waals surface area contributed by atoms with Crippen molar-refractivity contribution in [3.8, 4) is 5.75 Å². The van der Waals surface area contributed by atoms with Crippen molar-refractivity contribution in [1.82, 2.24) is 4.90 Å². The SMILES string of the molecule is CCCOc1ccc(C(=O)CCN2CCCCC2)cc1CC. The second-order valence-corrected chi connectivity index (χ2v) is 6.10. The number of rotatable bonds is 8. The van der Waals surface area contributed by atoms with Crippen molar-refractivity contribution >= 4 is 5.78 Å². The lowest BCUT2D eigenvalue weighted by Crippen LogP contribution is -2.31. The van der Waals surface area contributed by atoms with Crippen LogP contribution in [0.2, 0.25) is 0 Å². The molecule has 1 saturated heterocycles. The predicted octanol–water partition coefficient (Wildman–Crippen LogP) is 4.10. The van der Waals surface area contributed by atoms with E-state index in [1.165, 1.54) is 19.3 Å². The van der Waals surface area contributed by atoms with Crippen molar-refractivity contribution in [3.05, 3.63) is 29.3 Å². The maximum atomic E-state index is 12.4. The highest BCUT2D eigenvalue weighted by Gasteiger charge is 2.14. The Labute approximate surface area is 134 Å². The molecule has 122 valence electrons. The molecule has 0 aliphatic carbocycles. The molecule has 2 rings (SSSR count). The number of Topliss-reactive ketones (excluding diaryl/α,β-unsaturated/α-hetero) is 1. The van der Waals surface area contributed by atoms with Crippen molar-refractivity contribution in [3.63, 3.8) is 0 Å². The Bertz CT molecular complexity index is 478. The molecule has 0 radical (unpaired) electrons. The molecular weight excluding hydrogens is 274 g/mol. The second kappa shape index (κ2) is 8.94. The minimum Gasteiger partial charge on any atom is -0.493 e. The van der Waals surface area contributed by atoms with Gasteiger partial charge in [-0.15, -0.1) is 0 Å². The zero-order valence-corrected chi connectivity index (χ0v) is 14.1. The van der Waals surface area contributed by atoms with Crippen LogP contribution in [0, 0.1) is 0 Å². The molecule has 1 aromatic carbocycles. The van der Waals surface area contributed by atoms with E-state index in [1.807, 2.05) is 18.2 Å². The van der Waals surface area contributed by atoms with Gasteiger partial charge in [-0.1, -0.05) is 20.3 Å². The van der Waals surface area contributed by atoms with Gasteiger partial charge in [0.1, 0.15) is 5.75 Å². The Morgan fingerprint density at radius 1 is 1.18 bits per heavy atom. The molecular formula is C19H29NO2. The van der Waals surface area contributed by atoms with Gasteiger partial charge in [-0.2, -0.15) is 0 Å². The number of aryl methyl sites for hydroxylation is 1. The molecule has 22 heavy (non-hydrogen) atoms. The summed E-state index contributed by atoms with van der Waals surface area (Å²) < 4.78 is 5.75. The lowest BCUT2D eigenvalue weighted by Gasteiger charge is -2.26. The molecule has 0 saturated carbocycles. The average Bonchev–Trinajstić information content (AvgIpc) is 2.58. The summed E-state index contributed by atoms with van der Waals surface area (Å²) in [4.78, 5) is 14.8. The number of ether oxygens (including phenoxy) is 1. The smallest absolute Gasteiger partial charge is 0.164 e. The maximum Gasteiger partial charge on any atom is 0.164 e. The first-order valence-electron chi connectivity index (χ1n) is 8.75. The Morgan fingerprint density at radius 3 is 2.64 bits per heavy atom. The van der Waals surface area contributed by atoms with Crippen molar-refractivity contribution in [1.29, 1.82) is 0 Å². The fourth-order valence-electron chi connectivity index (χ4n) is 2.97. The highest BCUT2D eigenvalue weighted by atomic mass is 16.5. The van der Waals surface area contributed by atoms with Crippen LogP contribution in [-0.4, -0.2) is 36.9 Å². The fraction of sp³-hybridized carbons (Fsp3) is 0.632. The topological polar surface area (TPSA) is 29.5 Å². The number of hydrogen-bond donors (Lipinski definition) is 0. The third-order valence-corrected chi connectivity index (χ3v) is 4.33. The molecule has 0 N–H and O–H groups in total. The molecule has 1 fully saturated rings. The van der Waals surface area contributed by atoms with Gasteiger partial charge in [0.05, 0.1) is 6.61 Å². The standard InChI is InChI=1S/C19H29NO2/c1-3-14-22-19-9-8-17(15-16(19)4-2)18(21)10-13-20-11-6-5-7-12-20/h8-9,15H,3-7,10-14H2,1-2H3. The molecule has 0 unspecified atom stereocenters. The Balaban J connectivity index is 1.93. The molecule has 0 spiro atoms. The van der Waals surface area contributed by atoms with Crippen LogP contribution in [0.25, 0.3) is 0 Å². The number of likely N-dealkylation sites (tertiary alicyclic amines) is 1. The number of carbonyl (C=O) groups excluding carboxylic acids is 1. The number of piperidine rings is 1. The Hall–Kier alpha value is -1.35.